The number of aliphatic carboxylic acids is 1. The molecule has 2 amide bonds. The van der Waals surface area contributed by atoms with Crippen LogP contribution in [0.2, 0.25) is 0 Å². The van der Waals surface area contributed by atoms with Crippen molar-refractivity contribution >= 4 is 40.9 Å². The second kappa shape index (κ2) is 10.9. The summed E-state index contributed by atoms with van der Waals surface area (Å²) in [7, 11) is 0. The van der Waals surface area contributed by atoms with E-state index >= 15 is 0 Å². The molecule has 0 aliphatic rings. The fraction of sp³-hybridized carbons (Fsp3) is 0.0417. The van der Waals surface area contributed by atoms with Gasteiger partial charge in [0.2, 0.25) is 11.8 Å². The Kier molecular flexibility index (Phi) is 7.77. The highest BCUT2D eigenvalue weighted by Crippen LogP contribution is 2.36. The summed E-state index contributed by atoms with van der Waals surface area (Å²) >= 11 is 1.32. The third-order valence-corrected chi connectivity index (χ3v) is 5.47. The van der Waals surface area contributed by atoms with Gasteiger partial charge in [0.1, 0.15) is 11.1 Å². The zero-order chi connectivity index (χ0) is 22.9. The van der Waals surface area contributed by atoms with E-state index < -0.39 is 17.1 Å². The number of anilines is 2. The number of amides is 2. The number of hydrogen-bond acceptors (Lipinski definition) is 4. The standard InChI is InChI=1S/C24H19FN2O4S/c25-17-6-8-19(9-7-17)27-24(31)23(16-4-2-1-3-5-16)32-20-12-10-18(11-13-20)26-21(28)14-15-22(29)30/h1-15,23H,(H,26,28)(H,27,31)(H,29,30)/b15-14+. The topological polar surface area (TPSA) is 95.5 Å². The summed E-state index contributed by atoms with van der Waals surface area (Å²) in [6.45, 7) is 0. The first-order valence-corrected chi connectivity index (χ1v) is 10.4. The maximum atomic E-state index is 13.2. The zero-order valence-electron chi connectivity index (χ0n) is 16.7. The number of hydrogen-bond donors (Lipinski definition) is 3. The van der Waals surface area contributed by atoms with Gasteiger partial charge in [0.15, 0.2) is 0 Å². The van der Waals surface area contributed by atoms with Gasteiger partial charge in [0, 0.05) is 28.4 Å². The summed E-state index contributed by atoms with van der Waals surface area (Å²) in [6.07, 6.45) is 1.68. The van der Waals surface area contributed by atoms with E-state index in [1.807, 2.05) is 30.3 Å². The van der Waals surface area contributed by atoms with E-state index in [-0.39, 0.29) is 11.7 Å². The van der Waals surface area contributed by atoms with Crippen LogP contribution in [0, 0.1) is 5.82 Å². The van der Waals surface area contributed by atoms with E-state index in [2.05, 4.69) is 10.6 Å². The van der Waals surface area contributed by atoms with Gasteiger partial charge in [-0.25, -0.2) is 9.18 Å². The molecule has 3 rings (SSSR count). The van der Waals surface area contributed by atoms with Crippen LogP contribution in [0.15, 0.2) is 95.9 Å². The molecule has 0 spiro atoms. The van der Waals surface area contributed by atoms with Crippen LogP contribution in [0.5, 0.6) is 0 Å². The van der Waals surface area contributed by atoms with Crippen molar-refractivity contribution in [2.45, 2.75) is 10.1 Å². The number of carboxylic acid groups (broad SMARTS) is 1. The molecular weight excluding hydrogens is 431 g/mol. The van der Waals surface area contributed by atoms with Crippen LogP contribution >= 0.6 is 11.8 Å². The van der Waals surface area contributed by atoms with Gasteiger partial charge >= 0.3 is 5.97 Å². The first-order valence-electron chi connectivity index (χ1n) is 9.51. The number of thioether (sulfide) groups is 1. The van der Waals surface area contributed by atoms with Gasteiger partial charge in [-0.3, -0.25) is 9.59 Å². The zero-order valence-corrected chi connectivity index (χ0v) is 17.5. The Hall–Kier alpha value is -3.91. The molecule has 3 N–H and O–H groups in total. The van der Waals surface area contributed by atoms with Crippen molar-refractivity contribution in [3.8, 4) is 0 Å². The molecule has 0 heterocycles. The monoisotopic (exact) mass is 450 g/mol. The molecule has 0 saturated heterocycles. The van der Waals surface area contributed by atoms with Gasteiger partial charge in [-0.2, -0.15) is 0 Å². The minimum atomic E-state index is -1.21. The van der Waals surface area contributed by atoms with Crippen molar-refractivity contribution in [3.63, 3.8) is 0 Å². The highest BCUT2D eigenvalue weighted by molar-refractivity contribution is 8.00. The Morgan fingerprint density at radius 2 is 1.41 bits per heavy atom. The fourth-order valence-corrected chi connectivity index (χ4v) is 3.75. The van der Waals surface area contributed by atoms with Crippen molar-refractivity contribution in [2.24, 2.45) is 0 Å². The first-order chi connectivity index (χ1) is 15.4. The lowest BCUT2D eigenvalue weighted by atomic mass is 10.1. The quantitative estimate of drug-likeness (QED) is 0.336. The van der Waals surface area contributed by atoms with E-state index in [9.17, 15) is 18.8 Å². The summed E-state index contributed by atoms with van der Waals surface area (Å²) in [5, 5.41) is 13.4. The first kappa shape index (κ1) is 22.8. The van der Waals surface area contributed by atoms with Gasteiger partial charge in [-0.05, 0) is 54.1 Å². The molecule has 1 atom stereocenters. The second-order valence-corrected chi connectivity index (χ2v) is 7.77. The van der Waals surface area contributed by atoms with Crippen LogP contribution < -0.4 is 10.6 Å². The van der Waals surface area contributed by atoms with E-state index in [0.29, 0.717) is 11.4 Å². The lowest BCUT2D eigenvalue weighted by Crippen LogP contribution is -2.19. The van der Waals surface area contributed by atoms with E-state index in [1.54, 1.807) is 24.3 Å². The van der Waals surface area contributed by atoms with Crippen molar-refractivity contribution in [2.75, 3.05) is 10.6 Å². The SMILES string of the molecule is O=C(O)/C=C/C(=O)Nc1ccc(SC(C(=O)Nc2ccc(F)cc2)c2ccccc2)cc1. The molecule has 0 aromatic heterocycles. The summed E-state index contributed by atoms with van der Waals surface area (Å²) in [4.78, 5) is 36.0. The van der Waals surface area contributed by atoms with Crippen molar-refractivity contribution < 1.29 is 23.9 Å². The molecular formula is C24H19FN2O4S. The minimum Gasteiger partial charge on any atom is -0.478 e. The van der Waals surface area contributed by atoms with Gasteiger partial charge < -0.3 is 15.7 Å². The fourth-order valence-electron chi connectivity index (χ4n) is 2.73. The Morgan fingerprint density at radius 1 is 0.812 bits per heavy atom. The van der Waals surface area contributed by atoms with Crippen LogP contribution in [-0.2, 0) is 14.4 Å². The lowest BCUT2D eigenvalue weighted by molar-refractivity contribution is -0.131. The summed E-state index contributed by atoms with van der Waals surface area (Å²) in [5.41, 5.74) is 1.78. The van der Waals surface area contributed by atoms with E-state index in [1.165, 1.54) is 36.0 Å². The normalized spacial score (nSPS) is 11.7. The average molecular weight is 450 g/mol. The van der Waals surface area contributed by atoms with Gasteiger partial charge in [0.25, 0.3) is 0 Å². The molecule has 0 radical (unpaired) electrons. The molecule has 162 valence electrons. The summed E-state index contributed by atoms with van der Waals surface area (Å²) < 4.78 is 13.2. The van der Waals surface area contributed by atoms with Gasteiger partial charge in [-0.1, -0.05) is 30.3 Å². The third-order valence-electron chi connectivity index (χ3n) is 4.21. The lowest BCUT2D eigenvalue weighted by Gasteiger charge is -2.17. The summed E-state index contributed by atoms with van der Waals surface area (Å²) in [5.74, 6) is -2.42. The maximum absolute atomic E-state index is 13.2. The molecule has 0 aliphatic heterocycles. The number of halogens is 1. The molecule has 6 nitrogen and oxygen atoms in total. The number of carbonyl (C=O) groups excluding carboxylic acids is 2. The molecule has 0 bridgehead atoms. The van der Waals surface area contributed by atoms with E-state index in [4.69, 9.17) is 5.11 Å². The molecule has 3 aromatic carbocycles. The molecule has 1 unspecified atom stereocenters. The molecule has 0 saturated carbocycles. The Morgan fingerprint density at radius 3 is 2.03 bits per heavy atom. The minimum absolute atomic E-state index is 0.260. The Bertz CT molecular complexity index is 1120. The number of carbonyl (C=O) groups is 3. The largest absolute Gasteiger partial charge is 0.478 e. The molecule has 8 heteroatoms. The smallest absolute Gasteiger partial charge is 0.328 e. The average Bonchev–Trinajstić information content (AvgIpc) is 2.79. The van der Waals surface area contributed by atoms with Gasteiger partial charge in [0.05, 0.1) is 0 Å². The van der Waals surface area contributed by atoms with Crippen LogP contribution in [-0.4, -0.2) is 22.9 Å². The van der Waals surface area contributed by atoms with Gasteiger partial charge in [-0.15, -0.1) is 11.8 Å². The number of nitrogens with one attached hydrogen (secondary N) is 2. The maximum Gasteiger partial charge on any atom is 0.328 e. The molecule has 3 aromatic rings. The van der Waals surface area contributed by atoms with Crippen molar-refractivity contribution in [3.05, 3.63) is 102 Å². The molecule has 32 heavy (non-hydrogen) atoms. The predicted octanol–water partition coefficient (Wildman–Crippen LogP) is 4.88. The highest BCUT2D eigenvalue weighted by atomic mass is 32.2. The van der Waals surface area contributed by atoms with Crippen LogP contribution in [0.25, 0.3) is 0 Å². The van der Waals surface area contributed by atoms with Crippen LogP contribution in [0.4, 0.5) is 15.8 Å². The van der Waals surface area contributed by atoms with E-state index in [0.717, 1.165) is 22.6 Å². The number of rotatable bonds is 8. The Labute approximate surface area is 188 Å². The number of carboxylic acids is 1. The van der Waals surface area contributed by atoms with Crippen molar-refractivity contribution in [1.29, 1.82) is 0 Å². The van der Waals surface area contributed by atoms with Crippen LogP contribution in [0.1, 0.15) is 10.8 Å². The van der Waals surface area contributed by atoms with Crippen molar-refractivity contribution in [1.82, 2.24) is 0 Å². The Balaban J connectivity index is 1.73. The third kappa shape index (κ3) is 6.82. The molecule has 0 aliphatic carbocycles. The summed E-state index contributed by atoms with van der Waals surface area (Å²) in [6, 6.07) is 21.6. The number of benzene rings is 3. The highest BCUT2D eigenvalue weighted by Gasteiger charge is 2.22. The second-order valence-electron chi connectivity index (χ2n) is 6.59. The van der Waals surface area contributed by atoms with Crippen LogP contribution in [0.3, 0.4) is 0 Å². The molecule has 0 fully saturated rings. The predicted molar refractivity (Wildman–Crippen MR) is 122 cm³/mol.